The number of ether oxygens (including phenoxy) is 1. The Morgan fingerprint density at radius 1 is 1.00 bits per heavy atom. The fourth-order valence-electron chi connectivity index (χ4n) is 1.76. The van der Waals surface area contributed by atoms with Gasteiger partial charge in [-0.05, 0) is 41.3 Å². The van der Waals surface area contributed by atoms with Gasteiger partial charge in [0.15, 0.2) is 0 Å². The molecule has 100 valence electrons. The van der Waals surface area contributed by atoms with E-state index in [1.54, 1.807) is 6.07 Å². The summed E-state index contributed by atoms with van der Waals surface area (Å²) in [5, 5.41) is 0.631. The van der Waals surface area contributed by atoms with Gasteiger partial charge in [-0.25, -0.2) is 0 Å². The van der Waals surface area contributed by atoms with Crippen LogP contribution in [0.3, 0.4) is 0 Å². The van der Waals surface area contributed by atoms with Crippen LogP contribution in [0.25, 0.3) is 0 Å². The monoisotopic (exact) mass is 294 g/mol. The van der Waals surface area contributed by atoms with Crippen LogP contribution in [0, 0.1) is 0 Å². The Hall–Kier alpha value is -1.18. The zero-order chi connectivity index (χ0) is 13.8. The maximum atomic E-state index is 6.10. The Morgan fingerprint density at radius 2 is 1.63 bits per heavy atom. The van der Waals surface area contributed by atoms with Crippen molar-refractivity contribution in [2.24, 2.45) is 0 Å². The summed E-state index contributed by atoms with van der Waals surface area (Å²) in [6, 6.07) is 13.6. The summed E-state index contributed by atoms with van der Waals surface area (Å²) in [6.45, 7) is 4.33. The average molecular weight is 295 g/mol. The largest absolute Gasteiger partial charge is 0.457 e. The minimum Gasteiger partial charge on any atom is -0.457 e. The van der Waals surface area contributed by atoms with Crippen molar-refractivity contribution in [3.05, 3.63) is 58.6 Å². The summed E-state index contributed by atoms with van der Waals surface area (Å²) < 4.78 is 5.77. The van der Waals surface area contributed by atoms with Gasteiger partial charge in [-0.15, -0.1) is 11.6 Å². The first-order valence-electron chi connectivity index (χ1n) is 6.22. The van der Waals surface area contributed by atoms with Crippen LogP contribution in [0.1, 0.15) is 30.9 Å². The number of hydrogen-bond donors (Lipinski definition) is 0. The highest BCUT2D eigenvalue weighted by molar-refractivity contribution is 6.32. The molecule has 0 saturated heterocycles. The molecule has 2 aromatic rings. The number of halogens is 2. The first kappa shape index (κ1) is 14.2. The Labute approximate surface area is 124 Å². The summed E-state index contributed by atoms with van der Waals surface area (Å²) in [5.74, 6) is 2.45. The molecule has 0 aromatic heterocycles. The summed E-state index contributed by atoms with van der Waals surface area (Å²) in [7, 11) is 0. The van der Waals surface area contributed by atoms with E-state index in [2.05, 4.69) is 26.0 Å². The van der Waals surface area contributed by atoms with Gasteiger partial charge in [0.1, 0.15) is 11.5 Å². The summed E-state index contributed by atoms with van der Waals surface area (Å²) >= 11 is 11.9. The second-order valence-electron chi connectivity index (χ2n) is 4.71. The first-order chi connectivity index (χ1) is 9.10. The van der Waals surface area contributed by atoms with Gasteiger partial charge in [0, 0.05) is 10.9 Å². The summed E-state index contributed by atoms with van der Waals surface area (Å²) in [4.78, 5) is 0. The highest BCUT2D eigenvalue weighted by atomic mass is 35.5. The molecule has 1 nitrogen and oxygen atoms in total. The van der Waals surface area contributed by atoms with E-state index in [9.17, 15) is 0 Å². The molecule has 0 N–H and O–H groups in total. The Kier molecular flexibility index (Phi) is 4.73. The third-order valence-electron chi connectivity index (χ3n) is 2.95. The van der Waals surface area contributed by atoms with Crippen molar-refractivity contribution in [1.82, 2.24) is 0 Å². The standard InChI is InChI=1S/C16H16Cl2O/c1-11(2)12-3-6-14(7-4-12)19-15-8-5-13(10-17)16(18)9-15/h3-9,11H,10H2,1-2H3. The third kappa shape index (κ3) is 3.65. The van der Waals surface area contributed by atoms with Crippen LogP contribution in [0.2, 0.25) is 5.02 Å². The van der Waals surface area contributed by atoms with Gasteiger partial charge in [-0.3, -0.25) is 0 Å². The molecular formula is C16H16Cl2O. The lowest BCUT2D eigenvalue weighted by molar-refractivity contribution is 0.482. The smallest absolute Gasteiger partial charge is 0.128 e. The van der Waals surface area contributed by atoms with E-state index >= 15 is 0 Å². The minimum atomic E-state index is 0.405. The molecule has 0 saturated carbocycles. The maximum Gasteiger partial charge on any atom is 0.128 e. The van der Waals surface area contributed by atoms with E-state index in [0.717, 1.165) is 17.1 Å². The molecular weight excluding hydrogens is 279 g/mol. The van der Waals surface area contributed by atoms with Gasteiger partial charge >= 0.3 is 0 Å². The van der Waals surface area contributed by atoms with Crippen molar-refractivity contribution in [1.29, 1.82) is 0 Å². The molecule has 0 aliphatic heterocycles. The Morgan fingerprint density at radius 3 is 2.16 bits per heavy atom. The molecule has 2 rings (SSSR count). The quantitative estimate of drug-likeness (QED) is 0.629. The number of hydrogen-bond acceptors (Lipinski definition) is 1. The van der Waals surface area contributed by atoms with Crippen LogP contribution in [0.5, 0.6) is 11.5 Å². The van der Waals surface area contributed by atoms with Crippen LogP contribution in [-0.4, -0.2) is 0 Å². The van der Waals surface area contributed by atoms with Crippen LogP contribution < -0.4 is 4.74 Å². The van der Waals surface area contributed by atoms with Crippen LogP contribution in [-0.2, 0) is 5.88 Å². The summed E-state index contributed by atoms with van der Waals surface area (Å²) in [5.41, 5.74) is 2.20. The minimum absolute atomic E-state index is 0.405. The van der Waals surface area contributed by atoms with Crippen molar-refractivity contribution in [2.45, 2.75) is 25.6 Å². The molecule has 0 spiro atoms. The van der Waals surface area contributed by atoms with Gasteiger partial charge in [0.25, 0.3) is 0 Å². The second kappa shape index (κ2) is 6.31. The van der Waals surface area contributed by atoms with Crippen LogP contribution in [0.15, 0.2) is 42.5 Å². The molecule has 0 heterocycles. The summed E-state index contributed by atoms with van der Waals surface area (Å²) in [6.07, 6.45) is 0. The van der Waals surface area contributed by atoms with E-state index in [4.69, 9.17) is 27.9 Å². The molecule has 2 aromatic carbocycles. The van der Waals surface area contributed by atoms with E-state index in [-0.39, 0.29) is 0 Å². The van der Waals surface area contributed by atoms with Crippen molar-refractivity contribution >= 4 is 23.2 Å². The Bertz CT molecular complexity index is 547. The number of benzene rings is 2. The topological polar surface area (TPSA) is 9.23 Å². The first-order valence-corrected chi connectivity index (χ1v) is 7.13. The number of alkyl halides is 1. The molecule has 0 amide bonds. The van der Waals surface area contributed by atoms with Crippen molar-refractivity contribution in [3.8, 4) is 11.5 Å². The van der Waals surface area contributed by atoms with Crippen molar-refractivity contribution < 1.29 is 4.74 Å². The van der Waals surface area contributed by atoms with E-state index in [1.807, 2.05) is 24.3 Å². The molecule has 3 heteroatoms. The third-order valence-corrected chi connectivity index (χ3v) is 3.59. The van der Waals surface area contributed by atoms with Gasteiger partial charge in [-0.1, -0.05) is 43.6 Å². The molecule has 0 aliphatic carbocycles. The molecule has 19 heavy (non-hydrogen) atoms. The van der Waals surface area contributed by atoms with E-state index in [0.29, 0.717) is 16.8 Å². The van der Waals surface area contributed by atoms with Gasteiger partial charge in [-0.2, -0.15) is 0 Å². The van der Waals surface area contributed by atoms with E-state index < -0.39 is 0 Å². The fourth-order valence-corrected chi connectivity index (χ4v) is 2.30. The zero-order valence-corrected chi connectivity index (χ0v) is 12.5. The molecule has 0 atom stereocenters. The van der Waals surface area contributed by atoms with Crippen LogP contribution >= 0.6 is 23.2 Å². The van der Waals surface area contributed by atoms with Gasteiger partial charge < -0.3 is 4.74 Å². The highest BCUT2D eigenvalue weighted by Crippen LogP contribution is 2.28. The lowest BCUT2D eigenvalue weighted by Crippen LogP contribution is -1.89. The molecule has 0 radical (unpaired) electrons. The maximum absolute atomic E-state index is 6.10. The van der Waals surface area contributed by atoms with Crippen molar-refractivity contribution in [2.75, 3.05) is 0 Å². The van der Waals surface area contributed by atoms with Gasteiger partial charge in [0.2, 0.25) is 0 Å². The van der Waals surface area contributed by atoms with Crippen LogP contribution in [0.4, 0.5) is 0 Å². The van der Waals surface area contributed by atoms with Crippen molar-refractivity contribution in [3.63, 3.8) is 0 Å². The predicted molar refractivity (Wildman–Crippen MR) is 81.6 cm³/mol. The zero-order valence-electron chi connectivity index (χ0n) is 11.0. The fraction of sp³-hybridized carbons (Fsp3) is 0.250. The normalized spacial score (nSPS) is 10.8. The lowest BCUT2D eigenvalue weighted by Gasteiger charge is -2.09. The predicted octanol–water partition coefficient (Wildman–Crippen LogP) is 5.99. The molecule has 0 unspecified atom stereocenters. The molecule has 0 aliphatic rings. The highest BCUT2D eigenvalue weighted by Gasteiger charge is 2.04. The number of rotatable bonds is 4. The molecule has 0 fully saturated rings. The second-order valence-corrected chi connectivity index (χ2v) is 5.39. The SMILES string of the molecule is CC(C)c1ccc(Oc2ccc(CCl)c(Cl)c2)cc1. The molecule has 0 bridgehead atoms. The van der Waals surface area contributed by atoms with Gasteiger partial charge in [0.05, 0.1) is 0 Å². The van der Waals surface area contributed by atoms with E-state index in [1.165, 1.54) is 5.56 Å². The lowest BCUT2D eigenvalue weighted by atomic mass is 10.0. The average Bonchev–Trinajstić information content (AvgIpc) is 2.39. The Balaban J connectivity index is 2.14.